The van der Waals surface area contributed by atoms with Crippen molar-refractivity contribution in [3.63, 3.8) is 0 Å². The molecular weight excluding hydrogens is 170 g/mol. The van der Waals surface area contributed by atoms with Crippen LogP contribution in [0.5, 0.6) is 0 Å². The van der Waals surface area contributed by atoms with Gasteiger partial charge in [0, 0.05) is 6.04 Å². The molecule has 0 bridgehead atoms. The summed E-state index contributed by atoms with van der Waals surface area (Å²) in [7, 11) is 0. The van der Waals surface area contributed by atoms with Gasteiger partial charge in [0.25, 0.3) is 0 Å². The Labute approximate surface area is 86.3 Å². The van der Waals surface area contributed by atoms with E-state index in [9.17, 15) is 0 Å². The van der Waals surface area contributed by atoms with E-state index in [4.69, 9.17) is 5.73 Å². The second kappa shape index (κ2) is 4.14. The first-order chi connectivity index (χ1) is 6.81. The van der Waals surface area contributed by atoms with Gasteiger partial charge in [0.15, 0.2) is 0 Å². The maximum absolute atomic E-state index is 6.12. The molecule has 0 spiro atoms. The fraction of sp³-hybridized carbons (Fsp3) is 0.538. The van der Waals surface area contributed by atoms with Crippen LogP contribution in [0.4, 0.5) is 0 Å². The summed E-state index contributed by atoms with van der Waals surface area (Å²) in [6, 6.07) is 9.13. The van der Waals surface area contributed by atoms with Gasteiger partial charge in [-0.15, -0.1) is 0 Å². The van der Waals surface area contributed by atoms with Crippen molar-refractivity contribution in [2.45, 2.75) is 38.6 Å². The summed E-state index contributed by atoms with van der Waals surface area (Å²) in [4.78, 5) is 0. The minimum Gasteiger partial charge on any atom is -0.324 e. The van der Waals surface area contributed by atoms with Crippen LogP contribution in [0.25, 0.3) is 0 Å². The molecule has 1 fully saturated rings. The van der Waals surface area contributed by atoms with Crippen LogP contribution in [0.2, 0.25) is 0 Å². The lowest BCUT2D eigenvalue weighted by Gasteiger charge is -2.10. The Morgan fingerprint density at radius 3 is 2.43 bits per heavy atom. The average Bonchev–Trinajstić information content (AvgIpc) is 3.02. The van der Waals surface area contributed by atoms with E-state index in [-0.39, 0.29) is 6.04 Å². The monoisotopic (exact) mass is 189 g/mol. The number of hydrogen-bond acceptors (Lipinski definition) is 1. The SMILES string of the molecule is CCCc1ccc([C@@H](N)C2CC2)cc1. The molecule has 1 aromatic rings. The molecule has 1 aromatic carbocycles. The Balaban J connectivity index is 2.04. The van der Waals surface area contributed by atoms with Gasteiger partial charge in [0.2, 0.25) is 0 Å². The largest absolute Gasteiger partial charge is 0.324 e. The molecule has 0 amide bonds. The molecular formula is C13H19N. The molecule has 2 rings (SSSR count). The Kier molecular flexibility index (Phi) is 2.87. The zero-order valence-electron chi connectivity index (χ0n) is 8.87. The van der Waals surface area contributed by atoms with Crippen LogP contribution < -0.4 is 5.73 Å². The molecule has 76 valence electrons. The number of nitrogens with two attached hydrogens (primary N) is 1. The maximum Gasteiger partial charge on any atom is 0.0323 e. The van der Waals surface area contributed by atoms with E-state index in [2.05, 4.69) is 31.2 Å². The van der Waals surface area contributed by atoms with Crippen LogP contribution in [-0.2, 0) is 6.42 Å². The highest BCUT2D eigenvalue weighted by Gasteiger charge is 2.29. The number of benzene rings is 1. The predicted octanol–water partition coefficient (Wildman–Crippen LogP) is 3.05. The number of hydrogen-bond donors (Lipinski definition) is 1. The highest BCUT2D eigenvalue weighted by Crippen LogP contribution is 2.39. The first-order valence-electron chi connectivity index (χ1n) is 5.65. The smallest absolute Gasteiger partial charge is 0.0323 e. The van der Waals surface area contributed by atoms with Crippen LogP contribution in [0, 0.1) is 5.92 Å². The normalized spacial score (nSPS) is 18.1. The molecule has 0 aromatic heterocycles. The van der Waals surface area contributed by atoms with Crippen LogP contribution in [-0.4, -0.2) is 0 Å². The highest BCUT2D eigenvalue weighted by atomic mass is 14.7. The lowest BCUT2D eigenvalue weighted by atomic mass is 10.0. The Morgan fingerprint density at radius 2 is 1.93 bits per heavy atom. The predicted molar refractivity (Wildman–Crippen MR) is 60.1 cm³/mol. The van der Waals surface area contributed by atoms with Crippen LogP contribution >= 0.6 is 0 Å². The average molecular weight is 189 g/mol. The second-order valence-corrected chi connectivity index (χ2v) is 4.35. The number of rotatable bonds is 4. The molecule has 1 nitrogen and oxygen atoms in total. The lowest BCUT2D eigenvalue weighted by molar-refractivity contribution is 0.633. The molecule has 1 aliphatic rings. The number of aryl methyl sites for hydroxylation is 1. The molecule has 1 atom stereocenters. The summed E-state index contributed by atoms with van der Waals surface area (Å²) in [5.41, 5.74) is 8.87. The van der Waals surface area contributed by atoms with Gasteiger partial charge in [0.05, 0.1) is 0 Å². The topological polar surface area (TPSA) is 26.0 Å². The van der Waals surface area contributed by atoms with Crippen molar-refractivity contribution in [3.8, 4) is 0 Å². The van der Waals surface area contributed by atoms with Gasteiger partial charge >= 0.3 is 0 Å². The van der Waals surface area contributed by atoms with E-state index in [0.29, 0.717) is 0 Å². The van der Waals surface area contributed by atoms with E-state index in [1.54, 1.807) is 0 Å². The first kappa shape index (κ1) is 9.72. The molecule has 1 aliphatic carbocycles. The van der Waals surface area contributed by atoms with Crippen molar-refractivity contribution in [3.05, 3.63) is 35.4 Å². The second-order valence-electron chi connectivity index (χ2n) is 4.35. The van der Waals surface area contributed by atoms with Crippen LogP contribution in [0.1, 0.15) is 43.4 Å². The van der Waals surface area contributed by atoms with Crippen molar-refractivity contribution in [2.24, 2.45) is 11.7 Å². The van der Waals surface area contributed by atoms with Gasteiger partial charge < -0.3 is 5.73 Å². The van der Waals surface area contributed by atoms with Crippen molar-refractivity contribution < 1.29 is 0 Å². The van der Waals surface area contributed by atoms with Gasteiger partial charge in [-0.2, -0.15) is 0 Å². The van der Waals surface area contributed by atoms with Crippen LogP contribution in [0.15, 0.2) is 24.3 Å². The third-order valence-electron chi connectivity index (χ3n) is 3.03. The summed E-state index contributed by atoms with van der Waals surface area (Å²) in [6.45, 7) is 2.21. The van der Waals surface area contributed by atoms with Crippen molar-refractivity contribution >= 4 is 0 Å². The lowest BCUT2D eigenvalue weighted by Crippen LogP contribution is -2.12. The summed E-state index contributed by atoms with van der Waals surface area (Å²) >= 11 is 0. The highest BCUT2D eigenvalue weighted by molar-refractivity contribution is 5.26. The molecule has 0 heterocycles. The fourth-order valence-corrected chi connectivity index (χ4v) is 1.92. The summed E-state index contributed by atoms with van der Waals surface area (Å²) < 4.78 is 0. The maximum atomic E-state index is 6.12. The van der Waals surface area contributed by atoms with Gasteiger partial charge in [-0.1, -0.05) is 37.6 Å². The quantitative estimate of drug-likeness (QED) is 0.774. The molecule has 0 saturated heterocycles. The first-order valence-corrected chi connectivity index (χ1v) is 5.65. The third-order valence-corrected chi connectivity index (χ3v) is 3.03. The molecule has 0 aliphatic heterocycles. The molecule has 0 radical (unpaired) electrons. The van der Waals surface area contributed by atoms with Gasteiger partial charge in [-0.25, -0.2) is 0 Å². The van der Waals surface area contributed by atoms with Crippen molar-refractivity contribution in [1.82, 2.24) is 0 Å². The standard InChI is InChI=1S/C13H19N/c1-2-3-10-4-6-11(7-5-10)13(14)12-8-9-12/h4-7,12-13H,2-3,8-9,14H2,1H3/t13-/m1/s1. The van der Waals surface area contributed by atoms with Crippen molar-refractivity contribution in [1.29, 1.82) is 0 Å². The molecule has 2 N–H and O–H groups in total. The minimum absolute atomic E-state index is 0.283. The third kappa shape index (κ3) is 2.16. The summed E-state index contributed by atoms with van der Waals surface area (Å²) in [6.07, 6.45) is 5.03. The Hall–Kier alpha value is -0.820. The van der Waals surface area contributed by atoms with Crippen LogP contribution in [0.3, 0.4) is 0 Å². The van der Waals surface area contributed by atoms with Crippen molar-refractivity contribution in [2.75, 3.05) is 0 Å². The van der Waals surface area contributed by atoms with E-state index in [1.165, 1.54) is 36.8 Å². The zero-order chi connectivity index (χ0) is 9.97. The van der Waals surface area contributed by atoms with E-state index in [1.807, 2.05) is 0 Å². The fourth-order valence-electron chi connectivity index (χ4n) is 1.92. The van der Waals surface area contributed by atoms with E-state index >= 15 is 0 Å². The Morgan fingerprint density at radius 1 is 1.29 bits per heavy atom. The molecule has 1 heteroatoms. The summed E-state index contributed by atoms with van der Waals surface area (Å²) in [5, 5.41) is 0. The van der Waals surface area contributed by atoms with Gasteiger partial charge in [-0.3, -0.25) is 0 Å². The summed E-state index contributed by atoms with van der Waals surface area (Å²) in [5.74, 6) is 0.757. The van der Waals surface area contributed by atoms with Gasteiger partial charge in [-0.05, 0) is 36.3 Å². The molecule has 1 saturated carbocycles. The van der Waals surface area contributed by atoms with E-state index < -0.39 is 0 Å². The molecule has 14 heavy (non-hydrogen) atoms. The van der Waals surface area contributed by atoms with Gasteiger partial charge in [0.1, 0.15) is 0 Å². The minimum atomic E-state index is 0.283. The zero-order valence-corrected chi connectivity index (χ0v) is 8.87. The Bertz CT molecular complexity index is 285. The molecule has 0 unspecified atom stereocenters. The van der Waals surface area contributed by atoms with E-state index in [0.717, 1.165) is 5.92 Å².